The van der Waals surface area contributed by atoms with E-state index in [1.807, 2.05) is 36.4 Å². The molecular weight excluding hydrogens is 276 g/mol. The summed E-state index contributed by atoms with van der Waals surface area (Å²) in [7, 11) is 0. The van der Waals surface area contributed by atoms with Crippen molar-refractivity contribution >= 4 is 17.3 Å². The van der Waals surface area contributed by atoms with E-state index >= 15 is 0 Å². The number of nitrogen functional groups attached to an aromatic ring is 1. The van der Waals surface area contributed by atoms with Crippen LogP contribution in [0.3, 0.4) is 0 Å². The zero-order chi connectivity index (χ0) is 15.4. The van der Waals surface area contributed by atoms with Crippen LogP contribution in [0.5, 0.6) is 5.75 Å². The van der Waals surface area contributed by atoms with E-state index in [0.29, 0.717) is 12.1 Å². The lowest BCUT2D eigenvalue weighted by atomic mass is 10.1. The first-order valence-corrected chi connectivity index (χ1v) is 7.56. The molecule has 3 N–H and O–H groups in total. The van der Waals surface area contributed by atoms with Crippen LogP contribution in [0.15, 0.2) is 48.5 Å². The van der Waals surface area contributed by atoms with Gasteiger partial charge in [-0.25, -0.2) is 0 Å². The van der Waals surface area contributed by atoms with Crippen molar-refractivity contribution in [1.82, 2.24) is 0 Å². The maximum atomic E-state index is 12.0. The number of ether oxygens (including phenoxy) is 1. The summed E-state index contributed by atoms with van der Waals surface area (Å²) in [6.45, 7) is 0.794. The lowest BCUT2D eigenvalue weighted by molar-refractivity contribution is -0.115. The van der Waals surface area contributed by atoms with Crippen molar-refractivity contribution in [3.8, 4) is 5.75 Å². The number of carbonyl (C=O) groups excluding carboxylic acids is 1. The summed E-state index contributed by atoms with van der Waals surface area (Å²) in [6, 6.07) is 14.8. The summed E-state index contributed by atoms with van der Waals surface area (Å²) in [6.07, 6.45) is 2.89. The summed E-state index contributed by atoms with van der Waals surface area (Å²) in [4.78, 5) is 12.0. The van der Waals surface area contributed by atoms with E-state index in [1.54, 1.807) is 12.1 Å². The van der Waals surface area contributed by atoms with E-state index in [2.05, 4.69) is 5.32 Å². The van der Waals surface area contributed by atoms with Crippen LogP contribution >= 0.6 is 0 Å². The molecule has 2 aromatic carbocycles. The fraction of sp³-hybridized carbons (Fsp3) is 0.278. The second-order valence-electron chi connectivity index (χ2n) is 5.75. The predicted molar refractivity (Wildman–Crippen MR) is 87.8 cm³/mol. The van der Waals surface area contributed by atoms with Gasteiger partial charge >= 0.3 is 0 Å². The van der Waals surface area contributed by atoms with E-state index in [-0.39, 0.29) is 5.91 Å². The number of benzene rings is 2. The lowest BCUT2D eigenvalue weighted by Gasteiger charge is -2.08. The van der Waals surface area contributed by atoms with Gasteiger partial charge in [0.15, 0.2) is 0 Å². The maximum absolute atomic E-state index is 12.0. The Kier molecular flexibility index (Phi) is 4.28. The highest BCUT2D eigenvalue weighted by Gasteiger charge is 2.21. The molecule has 4 heteroatoms. The molecule has 1 amide bonds. The normalized spacial score (nSPS) is 13.6. The van der Waals surface area contributed by atoms with Gasteiger partial charge < -0.3 is 15.8 Å². The number of rotatable bonds is 6. The van der Waals surface area contributed by atoms with Crippen molar-refractivity contribution in [2.75, 3.05) is 17.7 Å². The molecule has 1 aliphatic carbocycles. The van der Waals surface area contributed by atoms with Crippen LogP contribution in [0.2, 0.25) is 0 Å². The van der Waals surface area contributed by atoms with Gasteiger partial charge in [0.25, 0.3) is 0 Å². The van der Waals surface area contributed by atoms with Crippen molar-refractivity contribution in [3.63, 3.8) is 0 Å². The highest BCUT2D eigenvalue weighted by atomic mass is 16.5. The van der Waals surface area contributed by atoms with Crippen LogP contribution in [-0.4, -0.2) is 12.5 Å². The second kappa shape index (κ2) is 6.52. The first-order valence-electron chi connectivity index (χ1n) is 7.56. The zero-order valence-electron chi connectivity index (χ0n) is 12.4. The van der Waals surface area contributed by atoms with Gasteiger partial charge in [-0.15, -0.1) is 0 Å². The summed E-state index contributed by atoms with van der Waals surface area (Å²) >= 11 is 0. The van der Waals surface area contributed by atoms with Gasteiger partial charge in [0, 0.05) is 11.4 Å². The zero-order valence-corrected chi connectivity index (χ0v) is 12.4. The SMILES string of the molecule is Nc1ccc(CC(=O)Nc2ccc(OCC3CC3)cc2)cc1. The fourth-order valence-electron chi connectivity index (χ4n) is 2.16. The Labute approximate surface area is 130 Å². The first kappa shape index (κ1) is 14.4. The molecule has 22 heavy (non-hydrogen) atoms. The molecule has 0 heterocycles. The molecule has 114 valence electrons. The van der Waals surface area contributed by atoms with Crippen LogP contribution in [0.1, 0.15) is 18.4 Å². The molecule has 0 saturated heterocycles. The molecule has 0 radical (unpaired) electrons. The summed E-state index contributed by atoms with van der Waals surface area (Å²) in [5.74, 6) is 1.54. The predicted octanol–water partition coefficient (Wildman–Crippen LogP) is 3.24. The standard InChI is InChI=1S/C18H20N2O2/c19-15-5-3-13(4-6-15)11-18(21)20-16-7-9-17(10-8-16)22-12-14-1-2-14/h3-10,14H,1-2,11-12,19H2,(H,20,21). The Balaban J connectivity index is 1.50. The van der Waals surface area contributed by atoms with E-state index in [4.69, 9.17) is 10.5 Å². The first-order chi connectivity index (χ1) is 10.7. The molecule has 0 unspecified atom stereocenters. The van der Waals surface area contributed by atoms with Crippen molar-refractivity contribution in [3.05, 3.63) is 54.1 Å². The molecule has 0 spiro atoms. The molecule has 0 atom stereocenters. The molecule has 1 fully saturated rings. The molecule has 2 aromatic rings. The maximum Gasteiger partial charge on any atom is 0.228 e. The van der Waals surface area contributed by atoms with Gasteiger partial charge in [0.1, 0.15) is 5.75 Å². The summed E-state index contributed by atoms with van der Waals surface area (Å²) < 4.78 is 5.67. The smallest absolute Gasteiger partial charge is 0.228 e. The Morgan fingerprint density at radius 1 is 1.09 bits per heavy atom. The average Bonchev–Trinajstić information content (AvgIpc) is 3.33. The monoisotopic (exact) mass is 296 g/mol. The van der Waals surface area contributed by atoms with Crippen LogP contribution in [0.4, 0.5) is 11.4 Å². The van der Waals surface area contributed by atoms with Crippen molar-refractivity contribution < 1.29 is 9.53 Å². The molecule has 0 bridgehead atoms. The molecular formula is C18H20N2O2. The van der Waals surface area contributed by atoms with Gasteiger partial charge in [-0.3, -0.25) is 4.79 Å². The highest BCUT2D eigenvalue weighted by Crippen LogP contribution is 2.29. The second-order valence-corrected chi connectivity index (χ2v) is 5.75. The Morgan fingerprint density at radius 3 is 2.41 bits per heavy atom. The van der Waals surface area contributed by atoms with Gasteiger partial charge in [0.05, 0.1) is 13.0 Å². The minimum atomic E-state index is -0.0450. The third-order valence-corrected chi connectivity index (χ3v) is 3.67. The van der Waals surface area contributed by atoms with Crippen molar-refractivity contribution in [1.29, 1.82) is 0 Å². The lowest BCUT2D eigenvalue weighted by Crippen LogP contribution is -2.14. The molecule has 3 rings (SSSR count). The Bertz CT molecular complexity index is 631. The van der Waals surface area contributed by atoms with E-state index in [0.717, 1.165) is 29.5 Å². The van der Waals surface area contributed by atoms with Gasteiger partial charge in [-0.1, -0.05) is 12.1 Å². The van der Waals surface area contributed by atoms with Crippen LogP contribution in [-0.2, 0) is 11.2 Å². The van der Waals surface area contributed by atoms with Gasteiger partial charge in [0.2, 0.25) is 5.91 Å². The fourth-order valence-corrected chi connectivity index (χ4v) is 2.16. The van der Waals surface area contributed by atoms with Crippen LogP contribution < -0.4 is 15.8 Å². The number of hydrogen-bond donors (Lipinski definition) is 2. The number of amides is 1. The molecule has 0 aromatic heterocycles. The highest BCUT2D eigenvalue weighted by molar-refractivity contribution is 5.92. The number of nitrogens with two attached hydrogens (primary N) is 1. The molecule has 0 aliphatic heterocycles. The third-order valence-electron chi connectivity index (χ3n) is 3.67. The summed E-state index contributed by atoms with van der Waals surface area (Å²) in [5.41, 5.74) is 8.05. The number of carbonyl (C=O) groups is 1. The van der Waals surface area contributed by atoms with Gasteiger partial charge in [-0.05, 0) is 60.7 Å². The van der Waals surface area contributed by atoms with E-state index < -0.39 is 0 Å². The van der Waals surface area contributed by atoms with Crippen LogP contribution in [0.25, 0.3) is 0 Å². The van der Waals surface area contributed by atoms with Crippen LogP contribution in [0, 0.1) is 5.92 Å². The minimum absolute atomic E-state index is 0.0450. The number of nitrogens with one attached hydrogen (secondary N) is 1. The number of hydrogen-bond acceptors (Lipinski definition) is 3. The summed E-state index contributed by atoms with van der Waals surface area (Å²) in [5, 5.41) is 2.88. The van der Waals surface area contributed by atoms with Crippen molar-refractivity contribution in [2.24, 2.45) is 5.92 Å². The van der Waals surface area contributed by atoms with Crippen molar-refractivity contribution in [2.45, 2.75) is 19.3 Å². The van der Waals surface area contributed by atoms with E-state index in [1.165, 1.54) is 12.8 Å². The topological polar surface area (TPSA) is 64.4 Å². The average molecular weight is 296 g/mol. The molecule has 1 saturated carbocycles. The third kappa shape index (κ3) is 4.25. The van der Waals surface area contributed by atoms with Gasteiger partial charge in [-0.2, -0.15) is 0 Å². The molecule has 4 nitrogen and oxygen atoms in total. The molecule has 1 aliphatic rings. The quantitative estimate of drug-likeness (QED) is 0.804. The minimum Gasteiger partial charge on any atom is -0.493 e. The van der Waals surface area contributed by atoms with E-state index in [9.17, 15) is 4.79 Å². The Morgan fingerprint density at radius 2 is 1.77 bits per heavy atom. The number of anilines is 2. The largest absolute Gasteiger partial charge is 0.493 e. The Hall–Kier alpha value is -2.49.